The minimum absolute atomic E-state index is 0.0214. The van der Waals surface area contributed by atoms with E-state index in [1.807, 2.05) is 7.05 Å². The Balaban J connectivity index is 1.81. The van der Waals surface area contributed by atoms with Gasteiger partial charge in [0.05, 0.1) is 17.3 Å². The van der Waals surface area contributed by atoms with Gasteiger partial charge in [-0.05, 0) is 32.0 Å². The molecule has 0 bridgehead atoms. The first kappa shape index (κ1) is 22.2. The number of benzene rings is 1. The average molecular weight is 463 g/mol. The van der Waals surface area contributed by atoms with Crippen LogP contribution in [0.15, 0.2) is 28.6 Å². The summed E-state index contributed by atoms with van der Waals surface area (Å²) in [6.07, 6.45) is 5.40. The number of hydrogen-bond acceptors (Lipinski definition) is 7. The van der Waals surface area contributed by atoms with Gasteiger partial charge in [-0.2, -0.15) is 0 Å². The molecule has 1 aliphatic carbocycles. The van der Waals surface area contributed by atoms with Gasteiger partial charge in [0.2, 0.25) is 0 Å². The number of aliphatic hydroxyl groups is 1. The summed E-state index contributed by atoms with van der Waals surface area (Å²) in [7, 11) is -2.20. The van der Waals surface area contributed by atoms with Crippen LogP contribution < -0.4 is 10.0 Å². The van der Waals surface area contributed by atoms with Crippen molar-refractivity contribution in [2.75, 3.05) is 30.2 Å². The molecular weight excluding hydrogens is 439 g/mol. The fraction of sp³-hybridized carbons (Fsp3) is 0.500. The lowest BCUT2D eigenvalue weighted by Gasteiger charge is -2.38. The van der Waals surface area contributed by atoms with Crippen molar-refractivity contribution in [3.63, 3.8) is 0 Å². The van der Waals surface area contributed by atoms with Gasteiger partial charge < -0.3 is 10.4 Å². The number of thiazole rings is 1. The molecule has 7 nitrogen and oxygen atoms in total. The summed E-state index contributed by atoms with van der Waals surface area (Å²) < 4.78 is 41.9. The zero-order valence-electron chi connectivity index (χ0n) is 15.9. The van der Waals surface area contributed by atoms with Crippen molar-refractivity contribution >= 4 is 43.8 Å². The molecule has 1 aromatic heterocycles. The van der Waals surface area contributed by atoms with Gasteiger partial charge in [0.25, 0.3) is 10.0 Å². The molecule has 2 atom stereocenters. The lowest BCUT2D eigenvalue weighted by atomic mass is 9.89. The summed E-state index contributed by atoms with van der Waals surface area (Å²) >= 11 is 7.41. The minimum atomic E-state index is -4.14. The average Bonchev–Trinajstić information content (AvgIpc) is 3.17. The monoisotopic (exact) mass is 462 g/mol. The van der Waals surface area contributed by atoms with Crippen molar-refractivity contribution in [2.45, 2.75) is 42.7 Å². The summed E-state index contributed by atoms with van der Waals surface area (Å²) in [4.78, 5) is 5.41. The van der Waals surface area contributed by atoms with Crippen molar-refractivity contribution in [3.8, 4) is 0 Å². The Bertz CT molecular complexity index is 927. The van der Waals surface area contributed by atoms with E-state index in [9.17, 15) is 17.9 Å². The number of nitrogens with one attached hydrogen (secondary N) is 2. The SMILES string of the molecule is CN(CCO)[C@H]1CCCC[C@@H]1Nc1cc(F)c(S(=O)(=O)Nc2nccs2)cc1Cl. The molecule has 0 saturated heterocycles. The molecule has 1 aliphatic rings. The Hall–Kier alpha value is -1.46. The maximum Gasteiger partial charge on any atom is 0.266 e. The van der Waals surface area contributed by atoms with Gasteiger partial charge >= 0.3 is 0 Å². The second-order valence-electron chi connectivity index (χ2n) is 7.01. The number of likely N-dealkylation sites (N-methyl/N-ethyl adjacent to an activating group) is 1. The number of sulfonamides is 1. The molecule has 3 rings (SSSR count). The lowest BCUT2D eigenvalue weighted by molar-refractivity contribution is 0.143. The summed E-state index contributed by atoms with van der Waals surface area (Å²) in [5.74, 6) is -0.892. The van der Waals surface area contributed by atoms with E-state index in [1.54, 1.807) is 5.38 Å². The highest BCUT2D eigenvalue weighted by Crippen LogP contribution is 2.32. The molecule has 29 heavy (non-hydrogen) atoms. The van der Waals surface area contributed by atoms with Crippen LogP contribution in [0.2, 0.25) is 5.02 Å². The largest absolute Gasteiger partial charge is 0.395 e. The molecule has 2 aromatic rings. The molecule has 0 amide bonds. The zero-order valence-corrected chi connectivity index (χ0v) is 18.3. The first-order valence-corrected chi connectivity index (χ1v) is 12.0. The maximum absolute atomic E-state index is 14.7. The summed E-state index contributed by atoms with van der Waals surface area (Å²) in [6, 6.07) is 2.43. The van der Waals surface area contributed by atoms with Gasteiger partial charge in [0.1, 0.15) is 10.7 Å². The number of aromatic nitrogens is 1. The van der Waals surface area contributed by atoms with Crippen LogP contribution in [-0.4, -0.2) is 55.7 Å². The van der Waals surface area contributed by atoms with Crippen LogP contribution in [0.5, 0.6) is 0 Å². The molecule has 1 fully saturated rings. The molecule has 0 aliphatic heterocycles. The topological polar surface area (TPSA) is 94.6 Å². The van der Waals surface area contributed by atoms with Crippen LogP contribution in [0, 0.1) is 5.82 Å². The van der Waals surface area contributed by atoms with Crippen LogP contribution in [0.25, 0.3) is 0 Å². The van der Waals surface area contributed by atoms with Crippen molar-refractivity contribution in [1.29, 1.82) is 0 Å². The second kappa shape index (κ2) is 9.57. The predicted octanol–water partition coefficient (Wildman–Crippen LogP) is 3.38. The fourth-order valence-electron chi connectivity index (χ4n) is 3.62. The van der Waals surface area contributed by atoms with Gasteiger partial charge in [-0.15, -0.1) is 11.3 Å². The number of halogens is 2. The molecule has 0 unspecified atom stereocenters. The molecule has 1 aromatic carbocycles. The highest BCUT2D eigenvalue weighted by Gasteiger charge is 2.29. The lowest BCUT2D eigenvalue weighted by Crippen LogP contribution is -2.48. The molecule has 0 radical (unpaired) electrons. The Morgan fingerprint density at radius 3 is 2.83 bits per heavy atom. The third-order valence-electron chi connectivity index (χ3n) is 5.05. The fourth-order valence-corrected chi connectivity index (χ4v) is 5.78. The van der Waals surface area contributed by atoms with Crippen LogP contribution >= 0.6 is 22.9 Å². The maximum atomic E-state index is 14.7. The van der Waals surface area contributed by atoms with Gasteiger partial charge in [-0.1, -0.05) is 24.4 Å². The van der Waals surface area contributed by atoms with Gasteiger partial charge in [-0.3, -0.25) is 9.62 Å². The Labute approximate surface area is 179 Å². The van der Waals surface area contributed by atoms with E-state index in [0.717, 1.165) is 49.2 Å². The van der Waals surface area contributed by atoms with E-state index in [2.05, 4.69) is 19.9 Å². The van der Waals surface area contributed by atoms with E-state index in [1.165, 1.54) is 6.20 Å². The summed E-state index contributed by atoms with van der Waals surface area (Å²) in [5, 5.41) is 14.4. The van der Waals surface area contributed by atoms with Crippen LogP contribution in [0.3, 0.4) is 0 Å². The first-order chi connectivity index (χ1) is 13.8. The number of aliphatic hydroxyl groups excluding tert-OH is 1. The van der Waals surface area contributed by atoms with E-state index < -0.39 is 20.7 Å². The Kier molecular flexibility index (Phi) is 7.33. The van der Waals surface area contributed by atoms with Crippen LogP contribution in [0.4, 0.5) is 15.2 Å². The minimum Gasteiger partial charge on any atom is -0.395 e. The quantitative estimate of drug-likeness (QED) is 0.556. The summed E-state index contributed by atoms with van der Waals surface area (Å²) in [6.45, 7) is 0.609. The molecule has 11 heteroatoms. The molecule has 1 saturated carbocycles. The first-order valence-electron chi connectivity index (χ1n) is 9.31. The van der Waals surface area contributed by atoms with Crippen molar-refractivity contribution in [3.05, 3.63) is 34.5 Å². The second-order valence-corrected chi connectivity index (χ2v) is 9.96. The number of hydrogen-bond donors (Lipinski definition) is 3. The highest BCUT2D eigenvalue weighted by atomic mass is 35.5. The van der Waals surface area contributed by atoms with E-state index in [0.29, 0.717) is 12.2 Å². The smallest absolute Gasteiger partial charge is 0.266 e. The Morgan fingerprint density at radius 1 is 1.38 bits per heavy atom. The van der Waals surface area contributed by atoms with E-state index in [-0.39, 0.29) is 28.8 Å². The third-order valence-corrected chi connectivity index (χ3v) is 7.54. The van der Waals surface area contributed by atoms with E-state index in [4.69, 9.17) is 11.6 Å². The summed E-state index contributed by atoms with van der Waals surface area (Å²) in [5.41, 5.74) is 0.353. The standard InChI is InChI=1S/C18H24ClFN4O3S2/c1-24(7-8-25)16-5-3-2-4-14(16)22-15-11-13(20)17(10-12(15)19)29(26,27)23-18-21-6-9-28-18/h6,9-11,14,16,22,25H,2-5,7-8H2,1H3,(H,21,23)/t14-,16-/m0/s1. The number of nitrogens with zero attached hydrogens (tertiary/aromatic N) is 2. The molecular formula is C18H24ClFN4O3S2. The predicted molar refractivity (Wildman–Crippen MR) is 114 cm³/mol. The highest BCUT2D eigenvalue weighted by molar-refractivity contribution is 7.93. The van der Waals surface area contributed by atoms with E-state index >= 15 is 0 Å². The molecule has 1 heterocycles. The normalized spacial score (nSPS) is 20.0. The van der Waals surface area contributed by atoms with Crippen LogP contribution in [-0.2, 0) is 10.0 Å². The van der Waals surface area contributed by atoms with Gasteiger partial charge in [-0.25, -0.2) is 17.8 Å². The van der Waals surface area contributed by atoms with Crippen LogP contribution in [0.1, 0.15) is 25.7 Å². The Morgan fingerprint density at radius 2 is 2.14 bits per heavy atom. The zero-order chi connectivity index (χ0) is 21.0. The third kappa shape index (κ3) is 5.37. The molecule has 3 N–H and O–H groups in total. The van der Waals surface area contributed by atoms with Gasteiger partial charge in [0, 0.05) is 30.2 Å². The van der Waals surface area contributed by atoms with Crippen molar-refractivity contribution < 1.29 is 17.9 Å². The number of anilines is 2. The van der Waals surface area contributed by atoms with Crippen molar-refractivity contribution in [1.82, 2.24) is 9.88 Å². The molecule has 160 valence electrons. The van der Waals surface area contributed by atoms with Gasteiger partial charge in [0.15, 0.2) is 5.13 Å². The number of rotatable bonds is 8. The van der Waals surface area contributed by atoms with Crippen molar-refractivity contribution in [2.24, 2.45) is 0 Å². The molecule has 0 spiro atoms.